The van der Waals surface area contributed by atoms with Crippen molar-refractivity contribution >= 4 is 0 Å². The van der Waals surface area contributed by atoms with Crippen LogP contribution >= 0.6 is 0 Å². The summed E-state index contributed by atoms with van der Waals surface area (Å²) in [6.07, 6.45) is 13.9. The van der Waals surface area contributed by atoms with Crippen molar-refractivity contribution in [2.75, 3.05) is 6.54 Å². The van der Waals surface area contributed by atoms with Gasteiger partial charge in [0.1, 0.15) is 0 Å². The molecule has 0 aliphatic heterocycles. The van der Waals surface area contributed by atoms with Crippen LogP contribution in [-0.4, -0.2) is 23.3 Å². The summed E-state index contributed by atoms with van der Waals surface area (Å²) in [6.45, 7) is 3.15. The molecule has 2 rings (SSSR count). The van der Waals surface area contributed by atoms with Crippen molar-refractivity contribution in [3.8, 4) is 0 Å². The molecule has 2 N–H and O–H groups in total. The highest BCUT2D eigenvalue weighted by Gasteiger charge is 2.29. The molecule has 2 heteroatoms. The Kier molecular flexibility index (Phi) is 5.50. The van der Waals surface area contributed by atoms with Gasteiger partial charge in [0.25, 0.3) is 0 Å². The van der Waals surface area contributed by atoms with Gasteiger partial charge in [-0.1, -0.05) is 45.4 Å². The van der Waals surface area contributed by atoms with Crippen LogP contribution < -0.4 is 5.32 Å². The van der Waals surface area contributed by atoms with Gasteiger partial charge < -0.3 is 10.4 Å². The third-order valence-electron chi connectivity index (χ3n) is 5.17. The summed E-state index contributed by atoms with van der Waals surface area (Å²) in [7, 11) is 0. The molecule has 2 nitrogen and oxygen atoms in total. The molecule has 2 fully saturated rings. The van der Waals surface area contributed by atoms with Crippen molar-refractivity contribution in [1.82, 2.24) is 5.32 Å². The quantitative estimate of drug-likeness (QED) is 0.750. The predicted molar refractivity (Wildman–Crippen MR) is 76.7 cm³/mol. The maximum atomic E-state index is 10.5. The van der Waals surface area contributed by atoms with Gasteiger partial charge in [0.2, 0.25) is 0 Å². The van der Waals surface area contributed by atoms with Crippen LogP contribution in [0.5, 0.6) is 0 Å². The summed E-state index contributed by atoms with van der Waals surface area (Å²) in [4.78, 5) is 0. The van der Waals surface area contributed by atoms with Crippen LogP contribution in [-0.2, 0) is 0 Å². The second kappa shape index (κ2) is 6.91. The van der Waals surface area contributed by atoms with Gasteiger partial charge in [0.15, 0.2) is 0 Å². The molecule has 2 aliphatic carbocycles. The molecular weight excluding hydrogens is 222 g/mol. The van der Waals surface area contributed by atoms with E-state index in [1.54, 1.807) is 0 Å². The first-order valence-corrected chi connectivity index (χ1v) is 8.17. The van der Waals surface area contributed by atoms with Gasteiger partial charge in [-0.3, -0.25) is 0 Å². The average molecular weight is 253 g/mol. The standard InChI is InChI=1S/C16H31NO/c1-2-14-7-6-8-15(10-9-14)17-13-16(18)11-4-3-5-12-16/h14-15,17-18H,2-13H2,1H3. The number of rotatable bonds is 4. The van der Waals surface area contributed by atoms with E-state index >= 15 is 0 Å². The maximum absolute atomic E-state index is 10.5. The minimum atomic E-state index is -0.394. The molecule has 2 unspecified atom stereocenters. The summed E-state index contributed by atoms with van der Waals surface area (Å²) < 4.78 is 0. The van der Waals surface area contributed by atoms with Gasteiger partial charge in [0.05, 0.1) is 5.60 Å². The summed E-state index contributed by atoms with van der Waals surface area (Å²) in [6, 6.07) is 0.660. The molecular formula is C16H31NO. The fraction of sp³-hybridized carbons (Fsp3) is 1.00. The van der Waals surface area contributed by atoms with Crippen LogP contribution in [0, 0.1) is 5.92 Å². The van der Waals surface area contributed by atoms with Crippen LogP contribution in [0.4, 0.5) is 0 Å². The van der Waals surface area contributed by atoms with E-state index in [1.807, 2.05) is 0 Å². The zero-order valence-electron chi connectivity index (χ0n) is 12.1. The Morgan fingerprint density at radius 3 is 2.50 bits per heavy atom. The van der Waals surface area contributed by atoms with Crippen LogP contribution in [0.3, 0.4) is 0 Å². The minimum Gasteiger partial charge on any atom is -0.389 e. The SMILES string of the molecule is CCC1CCCC(NCC2(O)CCCCC2)CC1. The molecule has 18 heavy (non-hydrogen) atoms. The van der Waals surface area contributed by atoms with E-state index in [-0.39, 0.29) is 0 Å². The number of hydrogen-bond acceptors (Lipinski definition) is 2. The molecule has 0 spiro atoms. The van der Waals surface area contributed by atoms with E-state index in [4.69, 9.17) is 0 Å². The van der Waals surface area contributed by atoms with Crippen molar-refractivity contribution in [3.05, 3.63) is 0 Å². The monoisotopic (exact) mass is 253 g/mol. The molecule has 0 aromatic heterocycles. The number of aliphatic hydroxyl groups is 1. The van der Waals surface area contributed by atoms with Gasteiger partial charge in [-0.2, -0.15) is 0 Å². The lowest BCUT2D eigenvalue weighted by molar-refractivity contribution is 0.00224. The molecule has 0 aromatic carbocycles. The molecule has 106 valence electrons. The molecule has 0 heterocycles. The zero-order chi connectivity index (χ0) is 12.8. The maximum Gasteiger partial charge on any atom is 0.0771 e. The smallest absolute Gasteiger partial charge is 0.0771 e. The largest absolute Gasteiger partial charge is 0.389 e. The van der Waals surface area contributed by atoms with Crippen LogP contribution in [0.15, 0.2) is 0 Å². The average Bonchev–Trinajstić information content (AvgIpc) is 2.62. The summed E-state index contributed by atoms with van der Waals surface area (Å²) in [5.41, 5.74) is -0.394. The van der Waals surface area contributed by atoms with Crippen LogP contribution in [0.1, 0.15) is 77.6 Å². The summed E-state index contributed by atoms with van der Waals surface area (Å²) in [5.74, 6) is 0.953. The first-order valence-electron chi connectivity index (χ1n) is 8.17. The van der Waals surface area contributed by atoms with Gasteiger partial charge >= 0.3 is 0 Å². The summed E-state index contributed by atoms with van der Waals surface area (Å²) >= 11 is 0. The number of nitrogens with one attached hydrogen (secondary N) is 1. The van der Waals surface area contributed by atoms with Gasteiger partial charge in [-0.05, 0) is 38.0 Å². The Bertz CT molecular complexity index is 235. The third kappa shape index (κ3) is 4.24. The highest BCUT2D eigenvalue weighted by Crippen LogP contribution is 2.29. The Morgan fingerprint density at radius 2 is 1.78 bits per heavy atom. The van der Waals surface area contributed by atoms with Gasteiger partial charge in [-0.25, -0.2) is 0 Å². The molecule has 2 aliphatic rings. The van der Waals surface area contributed by atoms with Crippen LogP contribution in [0.2, 0.25) is 0 Å². The van der Waals surface area contributed by atoms with Crippen molar-refractivity contribution in [2.24, 2.45) is 5.92 Å². The van der Waals surface area contributed by atoms with Crippen molar-refractivity contribution in [2.45, 2.75) is 89.2 Å². The lowest BCUT2D eigenvalue weighted by Gasteiger charge is -2.33. The lowest BCUT2D eigenvalue weighted by Crippen LogP contribution is -2.45. The number of hydrogen-bond donors (Lipinski definition) is 2. The Hall–Kier alpha value is -0.0800. The zero-order valence-corrected chi connectivity index (χ0v) is 12.1. The van der Waals surface area contributed by atoms with Gasteiger partial charge in [0, 0.05) is 12.6 Å². The highest BCUT2D eigenvalue weighted by molar-refractivity contribution is 4.86. The third-order valence-corrected chi connectivity index (χ3v) is 5.17. The van der Waals surface area contributed by atoms with Crippen molar-refractivity contribution in [3.63, 3.8) is 0 Å². The van der Waals surface area contributed by atoms with E-state index in [1.165, 1.54) is 57.8 Å². The van der Waals surface area contributed by atoms with E-state index in [0.29, 0.717) is 6.04 Å². The Balaban J connectivity index is 1.72. The molecule has 2 saturated carbocycles. The molecule has 0 radical (unpaired) electrons. The lowest BCUT2D eigenvalue weighted by atomic mass is 9.84. The second-order valence-electron chi connectivity index (χ2n) is 6.65. The Labute approximate surface area is 113 Å². The molecule has 0 amide bonds. The highest BCUT2D eigenvalue weighted by atomic mass is 16.3. The van der Waals surface area contributed by atoms with E-state index < -0.39 is 5.60 Å². The van der Waals surface area contributed by atoms with Crippen molar-refractivity contribution in [1.29, 1.82) is 0 Å². The Morgan fingerprint density at radius 1 is 1.00 bits per heavy atom. The van der Waals surface area contributed by atoms with Crippen LogP contribution in [0.25, 0.3) is 0 Å². The molecule has 2 atom stereocenters. The predicted octanol–water partition coefficient (Wildman–Crippen LogP) is 3.63. The first-order chi connectivity index (χ1) is 8.72. The van der Waals surface area contributed by atoms with E-state index in [0.717, 1.165) is 25.3 Å². The van der Waals surface area contributed by atoms with E-state index in [9.17, 15) is 5.11 Å². The first kappa shape index (κ1) is 14.3. The van der Waals surface area contributed by atoms with Crippen molar-refractivity contribution < 1.29 is 5.11 Å². The molecule has 0 aromatic rings. The summed E-state index contributed by atoms with van der Waals surface area (Å²) in [5, 5.41) is 14.2. The van der Waals surface area contributed by atoms with Gasteiger partial charge in [-0.15, -0.1) is 0 Å². The van der Waals surface area contributed by atoms with E-state index in [2.05, 4.69) is 12.2 Å². The molecule has 0 saturated heterocycles. The minimum absolute atomic E-state index is 0.394. The topological polar surface area (TPSA) is 32.3 Å². The fourth-order valence-corrected chi connectivity index (χ4v) is 3.71. The second-order valence-corrected chi connectivity index (χ2v) is 6.65. The normalized spacial score (nSPS) is 33.0. The fourth-order valence-electron chi connectivity index (χ4n) is 3.71. The molecule has 0 bridgehead atoms.